The Kier molecular flexibility index (Phi) is 3.63. The number of allylic oxidation sites excluding steroid dienone is 2. The molecule has 0 fully saturated rings. The molecule has 0 saturated carbocycles. The molecule has 2 rings (SSSR count). The van der Waals surface area contributed by atoms with E-state index in [-0.39, 0.29) is 0 Å². The quantitative estimate of drug-likeness (QED) is 0.850. The van der Waals surface area contributed by atoms with Crippen LogP contribution in [-0.4, -0.2) is 0 Å². The van der Waals surface area contributed by atoms with Crippen LogP contribution in [0.15, 0.2) is 60.3 Å². The molecule has 2 aromatic carbocycles. The number of benzene rings is 2. The third-order valence-corrected chi connectivity index (χ3v) is 2.78. The van der Waals surface area contributed by atoms with Gasteiger partial charge in [-0.2, -0.15) is 0 Å². The van der Waals surface area contributed by atoms with E-state index < -0.39 is 0 Å². The molecule has 0 spiro atoms. The Morgan fingerprint density at radius 2 is 1.78 bits per heavy atom. The summed E-state index contributed by atoms with van der Waals surface area (Å²) in [6, 6.07) is 16.6. The highest BCUT2D eigenvalue weighted by Crippen LogP contribution is 2.15. The highest BCUT2D eigenvalue weighted by atomic mass is 14.5. The highest BCUT2D eigenvalue weighted by Gasteiger charge is 1.95. The van der Waals surface area contributed by atoms with E-state index in [0.29, 0.717) is 0 Å². The molecule has 2 aromatic rings. The summed E-state index contributed by atoms with van der Waals surface area (Å²) in [5.41, 5.74) is 8.84. The minimum absolute atomic E-state index is 0.791. The molecule has 0 aliphatic carbocycles. The number of hydrogen-bond donors (Lipinski definition) is 1. The molecular formula is C17H17N. The molecule has 0 aromatic heterocycles. The van der Waals surface area contributed by atoms with Crippen LogP contribution in [0.5, 0.6) is 0 Å². The predicted molar refractivity (Wildman–Crippen MR) is 79.1 cm³/mol. The molecule has 18 heavy (non-hydrogen) atoms. The molecular weight excluding hydrogens is 218 g/mol. The summed E-state index contributed by atoms with van der Waals surface area (Å²) >= 11 is 0. The van der Waals surface area contributed by atoms with Gasteiger partial charge in [0.25, 0.3) is 0 Å². The van der Waals surface area contributed by atoms with Gasteiger partial charge in [0.05, 0.1) is 0 Å². The Hall–Kier alpha value is -2.28. The Balaban J connectivity index is 2.55. The van der Waals surface area contributed by atoms with E-state index in [1.807, 2.05) is 43.3 Å². The van der Waals surface area contributed by atoms with Crippen LogP contribution in [0.3, 0.4) is 0 Å². The lowest BCUT2D eigenvalue weighted by Gasteiger charge is -2.01. The van der Waals surface area contributed by atoms with Gasteiger partial charge in [0.15, 0.2) is 0 Å². The topological polar surface area (TPSA) is 26.0 Å². The normalized spacial score (nSPS) is 12.7. The van der Waals surface area contributed by atoms with Crippen molar-refractivity contribution in [3.63, 3.8) is 0 Å². The lowest BCUT2D eigenvalue weighted by Crippen LogP contribution is -2.22. The average Bonchev–Trinajstić information content (AvgIpc) is 2.38. The van der Waals surface area contributed by atoms with Crippen LogP contribution in [0.25, 0.3) is 23.8 Å². The van der Waals surface area contributed by atoms with E-state index in [2.05, 4.69) is 30.8 Å². The maximum atomic E-state index is 5.65. The summed E-state index contributed by atoms with van der Waals surface area (Å²) in [6.07, 6.45) is 3.91. The Bertz CT molecular complexity index is 663. The smallest absolute Gasteiger partial charge is 0.00490 e. The standard InChI is InChI=1S/C17H17N/c1-13-8-10-17(15-6-4-3-5-7-15)12-16(13)11-9-14(2)18/h3-12H,1,18H2,2H3/b14-9-,16-11-. The summed E-state index contributed by atoms with van der Waals surface area (Å²) in [5.74, 6) is 0. The van der Waals surface area contributed by atoms with Gasteiger partial charge in [-0.15, -0.1) is 0 Å². The van der Waals surface area contributed by atoms with Gasteiger partial charge in [-0.05, 0) is 40.6 Å². The fourth-order valence-electron chi connectivity index (χ4n) is 1.78. The molecule has 0 bridgehead atoms. The predicted octanol–water partition coefficient (Wildman–Crippen LogP) is 2.41. The van der Waals surface area contributed by atoms with Crippen molar-refractivity contribution in [2.24, 2.45) is 5.73 Å². The molecule has 0 atom stereocenters. The van der Waals surface area contributed by atoms with E-state index in [1.165, 1.54) is 11.1 Å². The summed E-state index contributed by atoms with van der Waals surface area (Å²) in [5, 5.41) is 2.10. The van der Waals surface area contributed by atoms with Crippen molar-refractivity contribution in [2.75, 3.05) is 0 Å². The van der Waals surface area contributed by atoms with Crippen molar-refractivity contribution >= 4 is 12.7 Å². The first-order chi connectivity index (χ1) is 8.66. The van der Waals surface area contributed by atoms with Crippen molar-refractivity contribution in [1.82, 2.24) is 0 Å². The second kappa shape index (κ2) is 5.37. The lowest BCUT2D eigenvalue weighted by atomic mass is 10.0. The minimum atomic E-state index is 0.791. The van der Waals surface area contributed by atoms with Crippen molar-refractivity contribution in [1.29, 1.82) is 0 Å². The van der Waals surface area contributed by atoms with Gasteiger partial charge >= 0.3 is 0 Å². The summed E-state index contributed by atoms with van der Waals surface area (Å²) < 4.78 is 0. The van der Waals surface area contributed by atoms with Crippen LogP contribution in [0.4, 0.5) is 0 Å². The molecule has 0 radical (unpaired) electrons. The van der Waals surface area contributed by atoms with Crippen molar-refractivity contribution in [3.8, 4) is 11.1 Å². The molecule has 0 aliphatic rings. The molecule has 0 amide bonds. The summed E-state index contributed by atoms with van der Waals surface area (Å²) in [4.78, 5) is 0. The fraction of sp³-hybridized carbons (Fsp3) is 0.0588. The number of rotatable bonds is 2. The maximum absolute atomic E-state index is 5.65. The monoisotopic (exact) mass is 235 g/mol. The summed E-state index contributed by atoms with van der Waals surface area (Å²) in [7, 11) is 0. The molecule has 0 heterocycles. The SMILES string of the molecule is C=c1ccc(-c2ccccc2)c/c1=C/C=C(/C)N. The molecule has 0 unspecified atom stereocenters. The molecule has 2 N–H and O–H groups in total. The van der Waals surface area contributed by atoms with E-state index in [4.69, 9.17) is 5.73 Å². The van der Waals surface area contributed by atoms with Crippen LogP contribution >= 0.6 is 0 Å². The zero-order valence-corrected chi connectivity index (χ0v) is 10.6. The highest BCUT2D eigenvalue weighted by molar-refractivity contribution is 5.64. The van der Waals surface area contributed by atoms with Gasteiger partial charge in [0.1, 0.15) is 0 Å². The number of hydrogen-bond acceptors (Lipinski definition) is 1. The van der Waals surface area contributed by atoms with Crippen LogP contribution in [0.1, 0.15) is 6.92 Å². The van der Waals surface area contributed by atoms with Gasteiger partial charge in [-0.25, -0.2) is 0 Å². The second-order valence-electron chi connectivity index (χ2n) is 4.36. The van der Waals surface area contributed by atoms with Crippen LogP contribution < -0.4 is 16.2 Å². The van der Waals surface area contributed by atoms with Gasteiger partial charge in [0, 0.05) is 5.70 Å². The Labute approximate surface area is 108 Å². The maximum Gasteiger partial charge on any atom is 0.00490 e. The van der Waals surface area contributed by atoms with E-state index in [0.717, 1.165) is 16.1 Å². The van der Waals surface area contributed by atoms with Gasteiger partial charge in [-0.1, -0.05) is 55.1 Å². The largest absolute Gasteiger partial charge is 0.402 e. The van der Waals surface area contributed by atoms with Gasteiger partial charge < -0.3 is 5.73 Å². The molecule has 0 saturated heterocycles. The summed E-state index contributed by atoms with van der Waals surface area (Å²) in [6.45, 7) is 5.91. The number of nitrogens with two attached hydrogens (primary N) is 1. The molecule has 90 valence electrons. The Morgan fingerprint density at radius 1 is 1.06 bits per heavy atom. The van der Waals surface area contributed by atoms with E-state index in [1.54, 1.807) is 0 Å². The molecule has 1 heteroatoms. The van der Waals surface area contributed by atoms with E-state index in [9.17, 15) is 0 Å². The lowest BCUT2D eigenvalue weighted by molar-refractivity contribution is 1.32. The van der Waals surface area contributed by atoms with Gasteiger partial charge in [0.2, 0.25) is 0 Å². The van der Waals surface area contributed by atoms with Crippen molar-refractivity contribution in [2.45, 2.75) is 6.92 Å². The first kappa shape index (κ1) is 12.2. The van der Waals surface area contributed by atoms with Crippen molar-refractivity contribution in [3.05, 3.63) is 70.7 Å². The fourth-order valence-corrected chi connectivity index (χ4v) is 1.78. The minimum Gasteiger partial charge on any atom is -0.402 e. The van der Waals surface area contributed by atoms with E-state index >= 15 is 0 Å². The van der Waals surface area contributed by atoms with Gasteiger partial charge in [-0.3, -0.25) is 0 Å². The van der Waals surface area contributed by atoms with Crippen LogP contribution in [0.2, 0.25) is 0 Å². The molecule has 1 nitrogen and oxygen atoms in total. The third kappa shape index (κ3) is 2.89. The first-order valence-electron chi connectivity index (χ1n) is 5.95. The third-order valence-electron chi connectivity index (χ3n) is 2.78. The van der Waals surface area contributed by atoms with Crippen LogP contribution in [0, 0.1) is 0 Å². The second-order valence-corrected chi connectivity index (χ2v) is 4.36. The molecule has 0 aliphatic heterocycles. The average molecular weight is 235 g/mol. The van der Waals surface area contributed by atoms with Crippen LogP contribution in [-0.2, 0) is 0 Å². The zero-order chi connectivity index (χ0) is 13.0. The first-order valence-corrected chi connectivity index (χ1v) is 5.95. The zero-order valence-electron chi connectivity index (χ0n) is 10.6. The van der Waals surface area contributed by atoms with Crippen molar-refractivity contribution < 1.29 is 0 Å². The Morgan fingerprint density at radius 3 is 2.44 bits per heavy atom.